The number of aryl methyl sites for hydroxylation is 1. The summed E-state index contributed by atoms with van der Waals surface area (Å²) in [5.74, 6) is 0.919. The highest BCUT2D eigenvalue weighted by Gasteiger charge is 2.21. The van der Waals surface area contributed by atoms with Gasteiger partial charge < -0.3 is 10.3 Å². The molecule has 0 unspecified atom stereocenters. The average Bonchev–Trinajstić information content (AvgIpc) is 3.19. The number of anilines is 1. The van der Waals surface area contributed by atoms with Crippen LogP contribution in [-0.2, 0) is 0 Å². The Labute approximate surface area is 117 Å². The van der Waals surface area contributed by atoms with E-state index in [2.05, 4.69) is 45.4 Å². The van der Waals surface area contributed by atoms with Gasteiger partial charge in [-0.3, -0.25) is 0 Å². The van der Waals surface area contributed by atoms with Gasteiger partial charge in [0, 0.05) is 34.3 Å². The highest BCUT2D eigenvalue weighted by Crippen LogP contribution is 2.32. The fraction of sp³-hybridized carbons (Fsp3) is 0.250. The van der Waals surface area contributed by atoms with E-state index < -0.39 is 0 Å². The van der Waals surface area contributed by atoms with Gasteiger partial charge in [0.2, 0.25) is 0 Å². The lowest BCUT2D eigenvalue weighted by atomic mass is 10.1. The van der Waals surface area contributed by atoms with Crippen molar-refractivity contribution in [1.29, 1.82) is 0 Å². The van der Waals surface area contributed by atoms with E-state index in [1.807, 2.05) is 12.1 Å². The van der Waals surface area contributed by atoms with Crippen molar-refractivity contribution < 1.29 is 0 Å². The minimum atomic E-state index is 0.599. The van der Waals surface area contributed by atoms with Crippen LogP contribution in [0.25, 0.3) is 22.2 Å². The summed E-state index contributed by atoms with van der Waals surface area (Å²) in [4.78, 5) is 12.2. The van der Waals surface area contributed by atoms with Crippen molar-refractivity contribution in [1.82, 2.24) is 15.0 Å². The SMILES string of the molecule is Cc1[nH]c2ccccc2c1-c1cc(NC2CC2)ncn1. The highest BCUT2D eigenvalue weighted by molar-refractivity contribution is 5.96. The first-order valence-corrected chi connectivity index (χ1v) is 6.97. The van der Waals surface area contributed by atoms with Crippen molar-refractivity contribution in [2.45, 2.75) is 25.8 Å². The predicted molar refractivity (Wildman–Crippen MR) is 80.7 cm³/mol. The van der Waals surface area contributed by atoms with Crippen molar-refractivity contribution in [2.24, 2.45) is 0 Å². The third-order valence-corrected chi connectivity index (χ3v) is 3.75. The summed E-state index contributed by atoms with van der Waals surface area (Å²) < 4.78 is 0. The Bertz CT molecular complexity index is 771. The summed E-state index contributed by atoms with van der Waals surface area (Å²) in [5.41, 5.74) is 4.43. The smallest absolute Gasteiger partial charge is 0.130 e. The molecule has 0 amide bonds. The number of aromatic amines is 1. The third-order valence-electron chi connectivity index (χ3n) is 3.75. The number of benzene rings is 1. The molecule has 1 saturated carbocycles. The largest absolute Gasteiger partial charge is 0.367 e. The van der Waals surface area contributed by atoms with Crippen molar-refractivity contribution in [3.63, 3.8) is 0 Å². The Balaban J connectivity index is 1.83. The first-order valence-electron chi connectivity index (χ1n) is 6.97. The standard InChI is InChI=1S/C16H16N4/c1-10-16(12-4-2-3-5-13(12)19-10)14-8-15(18-9-17-14)20-11-6-7-11/h2-5,8-9,11,19H,6-7H2,1H3,(H,17,18,20). The van der Waals surface area contributed by atoms with Gasteiger partial charge in [-0.05, 0) is 25.8 Å². The van der Waals surface area contributed by atoms with Gasteiger partial charge in [0.05, 0.1) is 5.69 Å². The first-order chi connectivity index (χ1) is 9.81. The minimum absolute atomic E-state index is 0.599. The third kappa shape index (κ3) is 1.93. The van der Waals surface area contributed by atoms with Gasteiger partial charge in [0.15, 0.2) is 0 Å². The number of nitrogens with zero attached hydrogens (tertiary/aromatic N) is 2. The second-order valence-corrected chi connectivity index (χ2v) is 5.38. The normalized spacial score (nSPS) is 14.7. The molecule has 4 nitrogen and oxygen atoms in total. The van der Waals surface area contributed by atoms with E-state index in [0.29, 0.717) is 6.04 Å². The summed E-state index contributed by atoms with van der Waals surface area (Å²) in [6.07, 6.45) is 4.12. The Kier molecular flexibility index (Phi) is 2.49. The number of para-hydroxylation sites is 1. The summed E-state index contributed by atoms with van der Waals surface area (Å²) >= 11 is 0. The fourth-order valence-electron chi connectivity index (χ4n) is 2.62. The van der Waals surface area contributed by atoms with Crippen LogP contribution in [0.4, 0.5) is 5.82 Å². The topological polar surface area (TPSA) is 53.6 Å². The molecule has 1 fully saturated rings. The van der Waals surface area contributed by atoms with Gasteiger partial charge >= 0.3 is 0 Å². The fourth-order valence-corrected chi connectivity index (χ4v) is 2.62. The van der Waals surface area contributed by atoms with Gasteiger partial charge in [-0.2, -0.15) is 0 Å². The maximum Gasteiger partial charge on any atom is 0.130 e. The molecule has 20 heavy (non-hydrogen) atoms. The molecule has 100 valence electrons. The number of aromatic nitrogens is 3. The summed E-state index contributed by atoms with van der Waals surface area (Å²) in [6, 6.07) is 11.0. The molecule has 1 aromatic carbocycles. The summed E-state index contributed by atoms with van der Waals surface area (Å²) in [5, 5.41) is 4.63. The quantitative estimate of drug-likeness (QED) is 0.761. The van der Waals surface area contributed by atoms with E-state index >= 15 is 0 Å². The van der Waals surface area contributed by atoms with Crippen LogP contribution >= 0.6 is 0 Å². The van der Waals surface area contributed by atoms with Crippen LogP contribution in [0.3, 0.4) is 0 Å². The Hall–Kier alpha value is -2.36. The molecule has 0 radical (unpaired) electrons. The average molecular weight is 264 g/mol. The second-order valence-electron chi connectivity index (χ2n) is 5.38. The van der Waals surface area contributed by atoms with Crippen LogP contribution in [0, 0.1) is 6.92 Å². The molecule has 4 rings (SSSR count). The Morgan fingerprint density at radius 2 is 2.05 bits per heavy atom. The molecule has 4 heteroatoms. The van der Waals surface area contributed by atoms with E-state index in [1.54, 1.807) is 6.33 Å². The number of rotatable bonds is 3. The summed E-state index contributed by atoms with van der Waals surface area (Å²) in [6.45, 7) is 2.09. The van der Waals surface area contributed by atoms with Crippen LogP contribution in [0.15, 0.2) is 36.7 Å². The number of fused-ring (bicyclic) bond motifs is 1. The van der Waals surface area contributed by atoms with Crippen molar-refractivity contribution in [3.8, 4) is 11.3 Å². The zero-order valence-electron chi connectivity index (χ0n) is 11.4. The van der Waals surface area contributed by atoms with Crippen LogP contribution < -0.4 is 5.32 Å². The lowest BCUT2D eigenvalue weighted by Crippen LogP contribution is -2.03. The van der Waals surface area contributed by atoms with Gasteiger partial charge in [-0.15, -0.1) is 0 Å². The van der Waals surface area contributed by atoms with Gasteiger partial charge in [-0.1, -0.05) is 18.2 Å². The summed E-state index contributed by atoms with van der Waals surface area (Å²) in [7, 11) is 0. The molecule has 0 spiro atoms. The molecule has 2 aromatic heterocycles. The monoisotopic (exact) mass is 264 g/mol. The molecule has 3 aromatic rings. The van der Waals surface area contributed by atoms with E-state index in [4.69, 9.17) is 0 Å². The zero-order valence-corrected chi connectivity index (χ0v) is 11.4. The number of H-pyrrole nitrogens is 1. The molecular formula is C16H16N4. The molecule has 2 heterocycles. The molecule has 0 saturated heterocycles. The van der Waals surface area contributed by atoms with Crippen molar-refractivity contribution in [2.75, 3.05) is 5.32 Å². The van der Waals surface area contributed by atoms with Crippen LogP contribution in [0.2, 0.25) is 0 Å². The molecule has 0 aliphatic heterocycles. The second kappa shape index (κ2) is 4.34. The highest BCUT2D eigenvalue weighted by atomic mass is 15.1. The van der Waals surface area contributed by atoms with E-state index in [1.165, 1.54) is 23.8 Å². The van der Waals surface area contributed by atoms with Crippen LogP contribution in [0.5, 0.6) is 0 Å². The first kappa shape index (κ1) is 11.5. The van der Waals surface area contributed by atoms with Crippen molar-refractivity contribution in [3.05, 3.63) is 42.4 Å². The zero-order chi connectivity index (χ0) is 13.5. The molecule has 0 bridgehead atoms. The van der Waals surface area contributed by atoms with Crippen molar-refractivity contribution >= 4 is 16.7 Å². The maximum atomic E-state index is 4.45. The van der Waals surface area contributed by atoms with E-state index in [0.717, 1.165) is 22.7 Å². The molecule has 0 atom stereocenters. The number of hydrogen-bond acceptors (Lipinski definition) is 3. The molecular weight excluding hydrogens is 248 g/mol. The Morgan fingerprint density at radius 1 is 1.20 bits per heavy atom. The van der Waals surface area contributed by atoms with E-state index in [-0.39, 0.29) is 0 Å². The Morgan fingerprint density at radius 3 is 2.90 bits per heavy atom. The van der Waals surface area contributed by atoms with Gasteiger partial charge in [0.25, 0.3) is 0 Å². The van der Waals surface area contributed by atoms with Crippen LogP contribution in [-0.4, -0.2) is 21.0 Å². The van der Waals surface area contributed by atoms with E-state index in [9.17, 15) is 0 Å². The van der Waals surface area contributed by atoms with Gasteiger partial charge in [-0.25, -0.2) is 9.97 Å². The number of hydrogen-bond donors (Lipinski definition) is 2. The number of nitrogens with one attached hydrogen (secondary N) is 2. The molecule has 2 N–H and O–H groups in total. The minimum Gasteiger partial charge on any atom is -0.367 e. The lowest BCUT2D eigenvalue weighted by molar-refractivity contribution is 1.08. The molecule has 1 aliphatic carbocycles. The van der Waals surface area contributed by atoms with Crippen LogP contribution in [0.1, 0.15) is 18.5 Å². The maximum absolute atomic E-state index is 4.45. The predicted octanol–water partition coefficient (Wildman–Crippen LogP) is 3.51. The molecule has 1 aliphatic rings. The van der Waals surface area contributed by atoms with Gasteiger partial charge in [0.1, 0.15) is 12.1 Å². The lowest BCUT2D eigenvalue weighted by Gasteiger charge is -2.06.